The van der Waals surface area contributed by atoms with Crippen LogP contribution in [0.1, 0.15) is 30.3 Å². The van der Waals surface area contributed by atoms with Crippen LogP contribution in [0.2, 0.25) is 0 Å². The van der Waals surface area contributed by atoms with Crippen molar-refractivity contribution in [3.63, 3.8) is 0 Å². The molecule has 0 spiro atoms. The number of ether oxygens (including phenoxy) is 1. The Labute approximate surface area is 105 Å². The molecular formula is C11H18N4O3. The van der Waals surface area contributed by atoms with Crippen molar-refractivity contribution in [3.05, 3.63) is 11.7 Å². The summed E-state index contributed by atoms with van der Waals surface area (Å²) < 4.78 is 10.9. The van der Waals surface area contributed by atoms with E-state index < -0.39 is 0 Å². The highest BCUT2D eigenvalue weighted by Crippen LogP contribution is 2.25. The molecule has 1 unspecified atom stereocenters. The first-order chi connectivity index (χ1) is 8.72. The molecule has 3 heterocycles. The fraction of sp³-hybridized carbons (Fsp3) is 0.818. The Kier molecular flexibility index (Phi) is 3.29. The number of aliphatic hydroxyl groups is 1. The predicted molar refractivity (Wildman–Crippen MR) is 61.9 cm³/mol. The predicted octanol–water partition coefficient (Wildman–Crippen LogP) is -0.532. The summed E-state index contributed by atoms with van der Waals surface area (Å²) in [5, 5.41) is 16.6. The van der Waals surface area contributed by atoms with Gasteiger partial charge in [0.2, 0.25) is 11.7 Å². The second kappa shape index (κ2) is 4.93. The highest BCUT2D eigenvalue weighted by molar-refractivity contribution is 5.00. The smallest absolute Gasteiger partial charge is 0.243 e. The van der Waals surface area contributed by atoms with Crippen molar-refractivity contribution < 1.29 is 14.4 Å². The fourth-order valence-corrected chi connectivity index (χ4v) is 2.36. The Morgan fingerprint density at radius 2 is 2.39 bits per heavy atom. The first-order valence-electron chi connectivity index (χ1n) is 6.27. The van der Waals surface area contributed by atoms with Crippen LogP contribution in [0.5, 0.6) is 0 Å². The van der Waals surface area contributed by atoms with Gasteiger partial charge >= 0.3 is 0 Å². The molecule has 18 heavy (non-hydrogen) atoms. The lowest BCUT2D eigenvalue weighted by atomic mass is 10.2. The number of likely N-dealkylation sites (N-methyl/N-ethyl adjacent to an activating group) is 1. The molecule has 2 fully saturated rings. The monoisotopic (exact) mass is 254 g/mol. The van der Waals surface area contributed by atoms with Crippen LogP contribution in [0.15, 0.2) is 4.52 Å². The largest absolute Gasteiger partial charge is 0.392 e. The summed E-state index contributed by atoms with van der Waals surface area (Å²) in [5.74, 6) is 1.14. The van der Waals surface area contributed by atoms with Gasteiger partial charge < -0.3 is 24.6 Å². The first-order valence-corrected chi connectivity index (χ1v) is 6.27. The molecule has 1 aromatic heterocycles. The van der Waals surface area contributed by atoms with Crippen LogP contribution in [0.4, 0.5) is 0 Å². The Balaban J connectivity index is 1.69. The SMILES string of the molecule is CN1CCOC(c2noc([C@H]3C[C@@H](O)CN3)n2)C1. The van der Waals surface area contributed by atoms with Gasteiger partial charge in [-0.3, -0.25) is 0 Å². The summed E-state index contributed by atoms with van der Waals surface area (Å²) in [7, 11) is 2.05. The van der Waals surface area contributed by atoms with E-state index in [9.17, 15) is 5.11 Å². The first kappa shape index (κ1) is 12.0. The minimum absolute atomic E-state index is 0.0393. The molecule has 0 aromatic carbocycles. The van der Waals surface area contributed by atoms with E-state index in [-0.39, 0.29) is 18.2 Å². The minimum Gasteiger partial charge on any atom is -0.392 e. The summed E-state index contributed by atoms with van der Waals surface area (Å²) in [4.78, 5) is 6.56. The van der Waals surface area contributed by atoms with Crippen molar-refractivity contribution in [3.8, 4) is 0 Å². The zero-order chi connectivity index (χ0) is 12.5. The van der Waals surface area contributed by atoms with E-state index in [0.29, 0.717) is 31.3 Å². The van der Waals surface area contributed by atoms with Gasteiger partial charge in [0.05, 0.1) is 18.8 Å². The fourth-order valence-electron chi connectivity index (χ4n) is 2.36. The molecule has 0 saturated carbocycles. The number of morpholine rings is 1. The zero-order valence-electron chi connectivity index (χ0n) is 10.4. The number of hydrogen-bond acceptors (Lipinski definition) is 7. The lowest BCUT2D eigenvalue weighted by Gasteiger charge is -2.27. The Morgan fingerprint density at radius 3 is 3.11 bits per heavy atom. The maximum Gasteiger partial charge on any atom is 0.243 e. The van der Waals surface area contributed by atoms with Crippen LogP contribution in [-0.4, -0.2) is 59.5 Å². The number of aliphatic hydroxyl groups excluding tert-OH is 1. The average molecular weight is 254 g/mol. The van der Waals surface area contributed by atoms with E-state index in [1.54, 1.807) is 0 Å². The van der Waals surface area contributed by atoms with Crippen molar-refractivity contribution in [1.29, 1.82) is 0 Å². The lowest BCUT2D eigenvalue weighted by molar-refractivity contribution is -0.0264. The van der Waals surface area contributed by atoms with Crippen LogP contribution in [-0.2, 0) is 4.74 Å². The van der Waals surface area contributed by atoms with Gasteiger partial charge in [-0.1, -0.05) is 5.16 Å². The maximum atomic E-state index is 9.47. The van der Waals surface area contributed by atoms with Gasteiger partial charge in [-0.15, -0.1) is 0 Å². The second-order valence-corrected chi connectivity index (χ2v) is 4.96. The van der Waals surface area contributed by atoms with Crippen LogP contribution in [0.3, 0.4) is 0 Å². The Morgan fingerprint density at radius 1 is 1.50 bits per heavy atom. The number of hydrogen-bond donors (Lipinski definition) is 2. The summed E-state index contributed by atoms with van der Waals surface area (Å²) in [5.41, 5.74) is 0. The van der Waals surface area contributed by atoms with Crippen molar-refractivity contribution in [2.75, 3.05) is 33.3 Å². The van der Waals surface area contributed by atoms with Gasteiger partial charge in [0.1, 0.15) is 6.10 Å². The molecule has 100 valence electrons. The van der Waals surface area contributed by atoms with Gasteiger partial charge in [0.25, 0.3) is 0 Å². The van der Waals surface area contributed by atoms with Gasteiger partial charge in [-0.05, 0) is 13.5 Å². The molecule has 0 amide bonds. The lowest BCUT2D eigenvalue weighted by Crippen LogP contribution is -2.35. The van der Waals surface area contributed by atoms with Gasteiger partial charge in [0, 0.05) is 19.6 Å². The van der Waals surface area contributed by atoms with E-state index in [1.165, 1.54) is 0 Å². The number of β-amino-alcohol motifs (C(OH)–C–C–N with tert-alkyl or cyclic N) is 1. The molecule has 0 aliphatic carbocycles. The van der Waals surface area contributed by atoms with Crippen molar-refractivity contribution in [1.82, 2.24) is 20.4 Å². The molecule has 7 nitrogen and oxygen atoms in total. The van der Waals surface area contributed by atoms with E-state index in [4.69, 9.17) is 9.26 Å². The third kappa shape index (κ3) is 2.39. The van der Waals surface area contributed by atoms with E-state index >= 15 is 0 Å². The van der Waals surface area contributed by atoms with Crippen LogP contribution < -0.4 is 5.32 Å². The van der Waals surface area contributed by atoms with E-state index in [1.807, 2.05) is 7.05 Å². The van der Waals surface area contributed by atoms with Crippen molar-refractivity contribution in [2.24, 2.45) is 0 Å². The normalized spacial score (nSPS) is 34.0. The molecule has 0 bridgehead atoms. The molecule has 2 saturated heterocycles. The zero-order valence-corrected chi connectivity index (χ0v) is 10.4. The summed E-state index contributed by atoms with van der Waals surface area (Å²) in [6, 6.07) is -0.0393. The summed E-state index contributed by atoms with van der Waals surface area (Å²) in [6.45, 7) is 2.97. The molecular weight excluding hydrogens is 236 g/mol. The molecule has 2 aliphatic rings. The molecule has 3 rings (SSSR count). The minimum atomic E-state index is -0.331. The number of rotatable bonds is 2. The van der Waals surface area contributed by atoms with Crippen LogP contribution in [0.25, 0.3) is 0 Å². The molecule has 7 heteroatoms. The number of nitrogens with zero attached hydrogens (tertiary/aromatic N) is 3. The van der Waals surface area contributed by atoms with E-state index in [2.05, 4.69) is 20.4 Å². The third-order valence-electron chi connectivity index (χ3n) is 3.42. The average Bonchev–Trinajstić information content (AvgIpc) is 2.97. The van der Waals surface area contributed by atoms with Gasteiger partial charge in [-0.2, -0.15) is 4.98 Å². The van der Waals surface area contributed by atoms with Crippen LogP contribution >= 0.6 is 0 Å². The van der Waals surface area contributed by atoms with Gasteiger partial charge in [0.15, 0.2) is 0 Å². The highest BCUT2D eigenvalue weighted by atomic mass is 16.5. The summed E-state index contributed by atoms with van der Waals surface area (Å²) >= 11 is 0. The number of nitrogens with one attached hydrogen (secondary N) is 1. The topological polar surface area (TPSA) is 83.7 Å². The molecule has 2 aliphatic heterocycles. The highest BCUT2D eigenvalue weighted by Gasteiger charge is 2.30. The molecule has 0 radical (unpaired) electrons. The quantitative estimate of drug-likeness (QED) is 0.734. The maximum absolute atomic E-state index is 9.47. The van der Waals surface area contributed by atoms with Crippen molar-refractivity contribution in [2.45, 2.75) is 24.7 Å². The second-order valence-electron chi connectivity index (χ2n) is 4.96. The molecule has 1 aromatic rings. The molecule has 3 atom stereocenters. The van der Waals surface area contributed by atoms with Crippen molar-refractivity contribution >= 4 is 0 Å². The Hall–Kier alpha value is -1.02. The van der Waals surface area contributed by atoms with E-state index in [0.717, 1.165) is 13.1 Å². The standard InChI is InChI=1S/C11H18N4O3/c1-15-2-3-17-9(6-15)10-13-11(18-14-10)8-4-7(16)5-12-8/h7-9,12,16H,2-6H2,1H3/t7-,8-,9?/m1/s1. The summed E-state index contributed by atoms with van der Waals surface area (Å²) in [6.07, 6.45) is 0.169. The van der Waals surface area contributed by atoms with Crippen LogP contribution in [0, 0.1) is 0 Å². The molecule has 2 N–H and O–H groups in total. The third-order valence-corrected chi connectivity index (χ3v) is 3.42. The Bertz CT molecular complexity index is 411. The van der Waals surface area contributed by atoms with Gasteiger partial charge in [-0.25, -0.2) is 0 Å². The number of aromatic nitrogens is 2.